The van der Waals surface area contributed by atoms with Gasteiger partial charge in [0.25, 0.3) is 5.91 Å². The van der Waals surface area contributed by atoms with Crippen molar-refractivity contribution in [3.63, 3.8) is 0 Å². The van der Waals surface area contributed by atoms with E-state index in [1.165, 1.54) is 0 Å². The fraction of sp³-hybridized carbons (Fsp3) is 0.500. The Bertz CT molecular complexity index is 911. The Labute approximate surface area is 196 Å². The van der Waals surface area contributed by atoms with Crippen LogP contribution in [-0.4, -0.2) is 59.9 Å². The molecule has 2 amide bonds. The summed E-state index contributed by atoms with van der Waals surface area (Å²) in [6.07, 6.45) is 6.94. The van der Waals surface area contributed by atoms with E-state index >= 15 is 0 Å². The van der Waals surface area contributed by atoms with Crippen LogP contribution in [0.5, 0.6) is 11.5 Å². The number of rotatable bonds is 10. The van der Waals surface area contributed by atoms with Crippen molar-refractivity contribution in [2.75, 3.05) is 33.3 Å². The molecule has 33 heavy (non-hydrogen) atoms. The van der Waals surface area contributed by atoms with Crippen LogP contribution in [0.15, 0.2) is 42.7 Å². The van der Waals surface area contributed by atoms with Crippen LogP contribution in [0.25, 0.3) is 0 Å². The Morgan fingerprint density at radius 2 is 1.79 bits per heavy atom. The Morgan fingerprint density at radius 1 is 1.06 bits per heavy atom. The Morgan fingerprint density at radius 3 is 2.45 bits per heavy atom. The normalized spacial score (nSPS) is 14.1. The summed E-state index contributed by atoms with van der Waals surface area (Å²) in [7, 11) is 1.88. The van der Waals surface area contributed by atoms with Crippen molar-refractivity contribution in [2.24, 2.45) is 5.92 Å². The molecule has 2 heterocycles. The lowest BCUT2D eigenvalue weighted by Gasteiger charge is -2.33. The van der Waals surface area contributed by atoms with Crippen LogP contribution in [0.3, 0.4) is 0 Å². The number of likely N-dealkylation sites (tertiary alicyclic amines) is 1. The Hall–Kier alpha value is -3.09. The van der Waals surface area contributed by atoms with Gasteiger partial charge in [0.05, 0.1) is 6.61 Å². The standard InChI is InChI=1S/C26H35N3O4/c1-4-6-15-28(3)25(30)21-11-16-29(17-12-21)26(31)22-7-8-23(24(18-22)32-5-2)33-19-20-9-13-27-14-10-20/h7-10,13-14,18,21H,4-6,11-12,15-17,19H2,1-3H3. The maximum absolute atomic E-state index is 13.1. The van der Waals surface area contributed by atoms with Crippen molar-refractivity contribution in [1.82, 2.24) is 14.8 Å². The zero-order valence-electron chi connectivity index (χ0n) is 20.0. The van der Waals surface area contributed by atoms with Gasteiger partial charge in [-0.25, -0.2) is 0 Å². The second kappa shape index (κ2) is 12.2. The van der Waals surface area contributed by atoms with E-state index in [9.17, 15) is 9.59 Å². The molecule has 1 aromatic carbocycles. The first-order chi connectivity index (χ1) is 16.0. The van der Waals surface area contributed by atoms with Gasteiger partial charge in [-0.15, -0.1) is 0 Å². The van der Waals surface area contributed by atoms with Gasteiger partial charge in [-0.3, -0.25) is 14.6 Å². The maximum Gasteiger partial charge on any atom is 0.253 e. The summed E-state index contributed by atoms with van der Waals surface area (Å²) in [6.45, 7) is 6.86. The van der Waals surface area contributed by atoms with Crippen LogP contribution in [0, 0.1) is 5.92 Å². The van der Waals surface area contributed by atoms with Crippen molar-refractivity contribution in [3.8, 4) is 11.5 Å². The number of pyridine rings is 1. The van der Waals surface area contributed by atoms with Crippen molar-refractivity contribution < 1.29 is 19.1 Å². The number of carbonyl (C=O) groups is 2. The van der Waals surface area contributed by atoms with Crippen molar-refractivity contribution >= 4 is 11.8 Å². The minimum absolute atomic E-state index is 0.00106. The highest BCUT2D eigenvalue weighted by atomic mass is 16.5. The number of aromatic nitrogens is 1. The van der Waals surface area contributed by atoms with Crippen molar-refractivity contribution in [1.29, 1.82) is 0 Å². The summed E-state index contributed by atoms with van der Waals surface area (Å²) in [5.74, 6) is 1.32. The van der Waals surface area contributed by atoms with Crippen LogP contribution < -0.4 is 9.47 Å². The summed E-state index contributed by atoms with van der Waals surface area (Å²) in [4.78, 5) is 33.5. The first-order valence-electron chi connectivity index (χ1n) is 11.9. The Balaban J connectivity index is 1.60. The lowest BCUT2D eigenvalue weighted by atomic mass is 9.94. The maximum atomic E-state index is 13.1. The zero-order chi connectivity index (χ0) is 23.6. The average Bonchev–Trinajstić information content (AvgIpc) is 2.86. The molecule has 1 aromatic heterocycles. The molecular formula is C26H35N3O4. The minimum Gasteiger partial charge on any atom is -0.490 e. The van der Waals surface area contributed by atoms with Gasteiger partial charge in [-0.05, 0) is 62.1 Å². The molecule has 0 aliphatic carbocycles. The average molecular weight is 454 g/mol. The van der Waals surface area contributed by atoms with Crippen LogP contribution in [0.4, 0.5) is 0 Å². The minimum atomic E-state index is -0.0399. The molecule has 3 rings (SSSR count). The van der Waals surface area contributed by atoms with E-state index in [4.69, 9.17) is 9.47 Å². The number of unbranched alkanes of at least 4 members (excludes halogenated alkanes) is 1. The summed E-state index contributed by atoms with van der Waals surface area (Å²) in [6, 6.07) is 9.12. The van der Waals surface area contributed by atoms with Gasteiger partial charge >= 0.3 is 0 Å². The lowest BCUT2D eigenvalue weighted by molar-refractivity contribution is -0.135. The molecule has 0 N–H and O–H groups in total. The molecule has 0 atom stereocenters. The number of benzene rings is 1. The number of hydrogen-bond donors (Lipinski definition) is 0. The van der Waals surface area contributed by atoms with Gasteiger partial charge < -0.3 is 19.3 Å². The van der Waals surface area contributed by atoms with Crippen LogP contribution in [0.2, 0.25) is 0 Å². The van der Waals surface area contributed by atoms with E-state index in [1.54, 1.807) is 30.6 Å². The smallest absolute Gasteiger partial charge is 0.253 e. The fourth-order valence-corrected chi connectivity index (χ4v) is 4.00. The quantitative estimate of drug-likeness (QED) is 0.540. The monoisotopic (exact) mass is 453 g/mol. The van der Waals surface area contributed by atoms with Gasteiger partial charge in [0, 0.05) is 50.6 Å². The number of amides is 2. The third-order valence-corrected chi connectivity index (χ3v) is 5.99. The molecule has 0 bridgehead atoms. The van der Waals surface area contributed by atoms with E-state index < -0.39 is 0 Å². The van der Waals surface area contributed by atoms with E-state index in [0.717, 1.165) is 24.9 Å². The van der Waals surface area contributed by atoms with E-state index in [1.807, 2.05) is 35.9 Å². The van der Waals surface area contributed by atoms with Gasteiger partial charge in [0.1, 0.15) is 6.61 Å². The fourth-order valence-electron chi connectivity index (χ4n) is 4.00. The molecule has 2 aromatic rings. The number of piperidine rings is 1. The Kier molecular flexibility index (Phi) is 9.10. The molecule has 1 aliphatic heterocycles. The van der Waals surface area contributed by atoms with E-state index in [-0.39, 0.29) is 17.7 Å². The summed E-state index contributed by atoms with van der Waals surface area (Å²) in [5, 5.41) is 0. The summed E-state index contributed by atoms with van der Waals surface area (Å²) >= 11 is 0. The molecule has 7 heteroatoms. The molecule has 1 saturated heterocycles. The predicted octanol–water partition coefficient (Wildman–Crippen LogP) is 4.17. The first-order valence-corrected chi connectivity index (χ1v) is 11.9. The predicted molar refractivity (Wildman–Crippen MR) is 127 cm³/mol. The molecule has 0 radical (unpaired) electrons. The number of ether oxygens (including phenoxy) is 2. The topological polar surface area (TPSA) is 72.0 Å². The number of nitrogens with zero attached hydrogens (tertiary/aromatic N) is 3. The highest BCUT2D eigenvalue weighted by Gasteiger charge is 2.29. The highest BCUT2D eigenvalue weighted by Crippen LogP contribution is 2.30. The zero-order valence-corrected chi connectivity index (χ0v) is 20.0. The van der Waals surface area contributed by atoms with Gasteiger partial charge in [0.15, 0.2) is 11.5 Å². The summed E-state index contributed by atoms with van der Waals surface area (Å²) in [5.41, 5.74) is 1.57. The molecular weight excluding hydrogens is 418 g/mol. The molecule has 0 unspecified atom stereocenters. The molecule has 7 nitrogen and oxygen atoms in total. The molecule has 178 valence electrons. The van der Waals surface area contributed by atoms with E-state index in [0.29, 0.717) is 56.2 Å². The van der Waals surface area contributed by atoms with Crippen molar-refractivity contribution in [2.45, 2.75) is 46.1 Å². The van der Waals surface area contributed by atoms with Crippen LogP contribution in [-0.2, 0) is 11.4 Å². The van der Waals surface area contributed by atoms with Gasteiger partial charge in [-0.2, -0.15) is 0 Å². The lowest BCUT2D eigenvalue weighted by Crippen LogP contribution is -2.43. The van der Waals surface area contributed by atoms with Gasteiger partial charge in [0.2, 0.25) is 5.91 Å². The molecule has 0 saturated carbocycles. The first kappa shape index (κ1) is 24.6. The van der Waals surface area contributed by atoms with E-state index in [2.05, 4.69) is 11.9 Å². The third-order valence-electron chi connectivity index (χ3n) is 5.99. The largest absolute Gasteiger partial charge is 0.490 e. The second-order valence-electron chi connectivity index (χ2n) is 8.42. The molecule has 0 spiro atoms. The molecule has 1 fully saturated rings. The molecule has 1 aliphatic rings. The third kappa shape index (κ3) is 6.70. The SMILES string of the molecule is CCCCN(C)C(=O)C1CCN(C(=O)c2ccc(OCc3ccncc3)c(OCC)c2)CC1. The highest BCUT2D eigenvalue weighted by molar-refractivity contribution is 5.95. The number of hydrogen-bond acceptors (Lipinski definition) is 5. The van der Waals surface area contributed by atoms with Crippen LogP contribution >= 0.6 is 0 Å². The van der Waals surface area contributed by atoms with Crippen LogP contribution in [0.1, 0.15) is 55.5 Å². The second-order valence-corrected chi connectivity index (χ2v) is 8.42. The summed E-state index contributed by atoms with van der Waals surface area (Å²) < 4.78 is 11.7. The van der Waals surface area contributed by atoms with Crippen molar-refractivity contribution in [3.05, 3.63) is 53.9 Å². The van der Waals surface area contributed by atoms with Gasteiger partial charge in [-0.1, -0.05) is 13.3 Å². The number of carbonyl (C=O) groups excluding carboxylic acids is 2.